The molecule has 2 rings (SSSR count). The predicted octanol–water partition coefficient (Wildman–Crippen LogP) is 2.76. The van der Waals surface area contributed by atoms with Crippen molar-refractivity contribution in [2.75, 3.05) is 6.61 Å². The zero-order valence-corrected chi connectivity index (χ0v) is 10.6. The average molecular weight is 236 g/mol. The summed E-state index contributed by atoms with van der Waals surface area (Å²) >= 11 is 0. The Hall–Kier alpha value is -0.930. The van der Waals surface area contributed by atoms with Crippen LogP contribution in [0.1, 0.15) is 39.5 Å². The molecule has 2 aliphatic rings. The third kappa shape index (κ3) is 2.35. The Morgan fingerprint density at radius 2 is 2.29 bits per heavy atom. The molecule has 0 amide bonds. The van der Waals surface area contributed by atoms with E-state index < -0.39 is 11.9 Å². The van der Waals surface area contributed by atoms with Crippen molar-refractivity contribution in [2.45, 2.75) is 51.4 Å². The van der Waals surface area contributed by atoms with Crippen molar-refractivity contribution in [2.24, 2.45) is 0 Å². The van der Waals surface area contributed by atoms with Crippen LogP contribution < -0.4 is 0 Å². The Bertz CT molecular complexity index is 356. The number of carbonyl (C=O) groups is 1. The summed E-state index contributed by atoms with van der Waals surface area (Å²) in [5.41, 5.74) is 2.56. The zero-order valence-electron chi connectivity index (χ0n) is 10.6. The second-order valence-electron chi connectivity index (χ2n) is 4.70. The van der Waals surface area contributed by atoms with Crippen molar-refractivity contribution < 1.29 is 14.3 Å². The van der Waals surface area contributed by atoms with Crippen LogP contribution >= 0.6 is 0 Å². The normalized spacial score (nSPS) is 33.2. The Labute approximate surface area is 102 Å². The monoisotopic (exact) mass is 236 g/mol. The van der Waals surface area contributed by atoms with Crippen LogP contribution in [0.5, 0.6) is 0 Å². The molecule has 0 saturated carbocycles. The van der Waals surface area contributed by atoms with Crippen molar-refractivity contribution in [3.63, 3.8) is 0 Å². The lowest BCUT2D eigenvalue weighted by Gasteiger charge is -2.25. The summed E-state index contributed by atoms with van der Waals surface area (Å²) in [6, 6.07) is 0. The summed E-state index contributed by atoms with van der Waals surface area (Å²) in [7, 11) is 0. The highest BCUT2D eigenvalue weighted by molar-refractivity contribution is 5.57. The first kappa shape index (κ1) is 12.5. The van der Waals surface area contributed by atoms with Crippen molar-refractivity contribution in [1.29, 1.82) is 0 Å². The second-order valence-corrected chi connectivity index (χ2v) is 4.70. The lowest BCUT2D eigenvalue weighted by atomic mass is 10.0. The summed E-state index contributed by atoms with van der Waals surface area (Å²) in [5.74, 6) is -0.603. The molecule has 0 N–H and O–H groups in total. The van der Waals surface area contributed by atoms with Crippen LogP contribution in [-0.2, 0) is 14.3 Å². The molecule has 0 aromatic carbocycles. The first-order valence-corrected chi connectivity index (χ1v) is 6.33. The standard InChI is InChI=1S/C14H20O3/c1-3-4-5-6-13-11(2)7-8-14(13)16-10-12(9-15)17-14/h4-5,9,12H,3,6-8,10H2,1-2H3/b5-4-. The predicted molar refractivity (Wildman–Crippen MR) is 65.6 cm³/mol. The summed E-state index contributed by atoms with van der Waals surface area (Å²) < 4.78 is 11.6. The van der Waals surface area contributed by atoms with Crippen LogP contribution in [0.3, 0.4) is 0 Å². The smallest absolute Gasteiger partial charge is 0.192 e. The molecule has 3 heteroatoms. The minimum absolute atomic E-state index is 0.387. The fourth-order valence-electron chi connectivity index (χ4n) is 2.56. The van der Waals surface area contributed by atoms with Gasteiger partial charge in [0.05, 0.1) is 6.61 Å². The Morgan fingerprint density at radius 1 is 1.47 bits per heavy atom. The highest BCUT2D eigenvalue weighted by Gasteiger charge is 2.47. The van der Waals surface area contributed by atoms with E-state index in [0.29, 0.717) is 6.61 Å². The number of hydrogen-bond acceptors (Lipinski definition) is 3. The van der Waals surface area contributed by atoms with Gasteiger partial charge < -0.3 is 14.3 Å². The molecule has 1 heterocycles. The fraction of sp³-hybridized carbons (Fsp3) is 0.643. The number of hydrogen-bond donors (Lipinski definition) is 0. The lowest BCUT2D eigenvalue weighted by molar-refractivity contribution is -0.144. The van der Waals surface area contributed by atoms with E-state index in [1.807, 2.05) is 0 Å². The van der Waals surface area contributed by atoms with Gasteiger partial charge in [0.2, 0.25) is 0 Å². The molecule has 94 valence electrons. The fourth-order valence-corrected chi connectivity index (χ4v) is 2.56. The molecule has 0 aromatic rings. The second kappa shape index (κ2) is 5.15. The molecular formula is C14H20O3. The van der Waals surface area contributed by atoms with Gasteiger partial charge in [-0.3, -0.25) is 0 Å². The van der Waals surface area contributed by atoms with Gasteiger partial charge in [0.1, 0.15) is 6.10 Å². The van der Waals surface area contributed by atoms with Gasteiger partial charge in [0.25, 0.3) is 0 Å². The first-order valence-electron chi connectivity index (χ1n) is 6.33. The largest absolute Gasteiger partial charge is 0.343 e. The molecular weight excluding hydrogens is 216 g/mol. The number of allylic oxidation sites excluding steroid dienone is 3. The summed E-state index contributed by atoms with van der Waals surface area (Å²) in [6.07, 6.45) is 8.50. The van der Waals surface area contributed by atoms with E-state index in [-0.39, 0.29) is 0 Å². The topological polar surface area (TPSA) is 35.5 Å². The number of carbonyl (C=O) groups excluding carboxylic acids is 1. The van der Waals surface area contributed by atoms with Crippen LogP contribution in [0.15, 0.2) is 23.3 Å². The van der Waals surface area contributed by atoms with Gasteiger partial charge in [0.15, 0.2) is 12.1 Å². The molecule has 0 bridgehead atoms. The zero-order chi connectivity index (χ0) is 12.3. The minimum atomic E-state index is -0.603. The Balaban J connectivity index is 2.13. The minimum Gasteiger partial charge on any atom is -0.343 e. The molecule has 3 nitrogen and oxygen atoms in total. The highest BCUT2D eigenvalue weighted by atomic mass is 16.7. The third-order valence-electron chi connectivity index (χ3n) is 3.50. The van der Waals surface area contributed by atoms with Crippen LogP contribution in [-0.4, -0.2) is 24.8 Å². The molecule has 0 aromatic heterocycles. The van der Waals surface area contributed by atoms with E-state index >= 15 is 0 Å². The Kier molecular flexibility index (Phi) is 3.79. The van der Waals surface area contributed by atoms with Crippen LogP contribution in [0.2, 0.25) is 0 Å². The van der Waals surface area contributed by atoms with Gasteiger partial charge in [-0.15, -0.1) is 0 Å². The van der Waals surface area contributed by atoms with Gasteiger partial charge in [-0.1, -0.05) is 24.6 Å². The maximum absolute atomic E-state index is 10.8. The summed E-state index contributed by atoms with van der Waals surface area (Å²) in [5, 5.41) is 0. The van der Waals surface area contributed by atoms with E-state index in [0.717, 1.165) is 32.0 Å². The van der Waals surface area contributed by atoms with Gasteiger partial charge in [-0.25, -0.2) is 0 Å². The maximum atomic E-state index is 10.8. The van der Waals surface area contributed by atoms with Gasteiger partial charge in [-0.05, 0) is 31.8 Å². The maximum Gasteiger partial charge on any atom is 0.192 e. The van der Waals surface area contributed by atoms with Crippen molar-refractivity contribution in [3.8, 4) is 0 Å². The molecule has 1 aliphatic carbocycles. The van der Waals surface area contributed by atoms with Crippen LogP contribution in [0, 0.1) is 0 Å². The van der Waals surface area contributed by atoms with Crippen molar-refractivity contribution >= 4 is 6.29 Å². The highest BCUT2D eigenvalue weighted by Crippen LogP contribution is 2.44. The molecule has 2 unspecified atom stereocenters. The summed E-state index contributed by atoms with van der Waals surface area (Å²) in [4.78, 5) is 10.8. The number of rotatable bonds is 4. The quantitative estimate of drug-likeness (QED) is 0.556. The first-order chi connectivity index (χ1) is 8.22. The average Bonchev–Trinajstić information content (AvgIpc) is 2.88. The van der Waals surface area contributed by atoms with E-state index in [2.05, 4.69) is 26.0 Å². The molecule has 1 aliphatic heterocycles. The Morgan fingerprint density at radius 3 is 2.94 bits per heavy atom. The van der Waals surface area contributed by atoms with Crippen LogP contribution in [0.25, 0.3) is 0 Å². The third-order valence-corrected chi connectivity index (χ3v) is 3.50. The SMILES string of the molecule is CC/C=C\CC1=C(C)CCC12OCC(C=O)O2. The van der Waals surface area contributed by atoms with Crippen molar-refractivity contribution in [3.05, 3.63) is 23.3 Å². The van der Waals surface area contributed by atoms with E-state index in [9.17, 15) is 4.79 Å². The molecule has 2 atom stereocenters. The van der Waals surface area contributed by atoms with E-state index in [4.69, 9.17) is 9.47 Å². The molecule has 0 radical (unpaired) electrons. The van der Waals surface area contributed by atoms with Gasteiger partial charge in [0, 0.05) is 6.42 Å². The van der Waals surface area contributed by atoms with E-state index in [1.165, 1.54) is 11.1 Å². The van der Waals surface area contributed by atoms with Crippen molar-refractivity contribution in [1.82, 2.24) is 0 Å². The molecule has 1 fully saturated rings. The molecule has 1 spiro atoms. The summed E-state index contributed by atoms with van der Waals surface area (Å²) in [6.45, 7) is 4.63. The van der Waals surface area contributed by atoms with E-state index in [1.54, 1.807) is 0 Å². The molecule has 1 saturated heterocycles. The van der Waals surface area contributed by atoms with Gasteiger partial charge >= 0.3 is 0 Å². The van der Waals surface area contributed by atoms with Crippen LogP contribution in [0.4, 0.5) is 0 Å². The number of aldehydes is 1. The number of ether oxygens (including phenoxy) is 2. The van der Waals surface area contributed by atoms with Gasteiger partial charge in [-0.2, -0.15) is 0 Å². The lowest BCUT2D eigenvalue weighted by Crippen LogP contribution is -2.30. The molecule has 17 heavy (non-hydrogen) atoms.